The Balaban J connectivity index is 2.26. The average Bonchev–Trinajstić information content (AvgIpc) is 2.75. The molecule has 0 saturated heterocycles. The van der Waals surface area contributed by atoms with E-state index in [1.165, 1.54) is 10.6 Å². The van der Waals surface area contributed by atoms with E-state index in [0.29, 0.717) is 0 Å². The van der Waals surface area contributed by atoms with Crippen LogP contribution in [-0.4, -0.2) is 23.4 Å². The molecule has 0 aliphatic heterocycles. The minimum atomic E-state index is 0.852. The van der Waals surface area contributed by atoms with Crippen LogP contribution < -0.4 is 10.1 Å². The Morgan fingerprint density at radius 1 is 1.33 bits per heavy atom. The second-order valence-electron chi connectivity index (χ2n) is 4.92. The summed E-state index contributed by atoms with van der Waals surface area (Å²) in [5.41, 5.74) is 2.35. The van der Waals surface area contributed by atoms with Crippen molar-refractivity contribution in [2.75, 3.05) is 13.7 Å². The maximum atomic E-state index is 5.44. The second-order valence-corrected chi connectivity index (χ2v) is 5.95. The van der Waals surface area contributed by atoms with E-state index in [1.54, 1.807) is 18.9 Å². The lowest BCUT2D eigenvalue weighted by Crippen LogP contribution is -2.14. The lowest BCUT2D eigenvalue weighted by molar-refractivity contribution is 0.405. The third-order valence-electron chi connectivity index (χ3n) is 3.29. The highest BCUT2D eigenvalue weighted by Gasteiger charge is 2.15. The monoisotopic (exact) mass is 305 g/mol. The fraction of sp³-hybridized carbons (Fsp3) is 0.438. The third-order valence-corrected chi connectivity index (χ3v) is 4.55. The summed E-state index contributed by atoms with van der Waals surface area (Å²) in [6.07, 6.45) is 1.13. The van der Waals surface area contributed by atoms with Gasteiger partial charge in [0.05, 0.1) is 17.7 Å². The fourth-order valence-electron chi connectivity index (χ4n) is 2.21. The van der Waals surface area contributed by atoms with Gasteiger partial charge in [-0.25, -0.2) is 0 Å². The van der Waals surface area contributed by atoms with Crippen molar-refractivity contribution in [1.82, 2.24) is 15.1 Å². The predicted octanol–water partition coefficient (Wildman–Crippen LogP) is 3.39. The summed E-state index contributed by atoms with van der Waals surface area (Å²) in [4.78, 5) is 1.11. The van der Waals surface area contributed by atoms with Gasteiger partial charge in [-0.3, -0.25) is 4.68 Å². The van der Waals surface area contributed by atoms with Crippen molar-refractivity contribution in [2.24, 2.45) is 7.05 Å². The lowest BCUT2D eigenvalue weighted by atomic mass is 10.2. The molecule has 0 fully saturated rings. The van der Waals surface area contributed by atoms with Gasteiger partial charge in [0.1, 0.15) is 10.8 Å². The van der Waals surface area contributed by atoms with Crippen LogP contribution >= 0.6 is 11.8 Å². The molecule has 0 radical (unpaired) electrons. The maximum absolute atomic E-state index is 5.44. The van der Waals surface area contributed by atoms with Crippen molar-refractivity contribution >= 4 is 11.8 Å². The molecule has 0 unspecified atom stereocenters. The van der Waals surface area contributed by atoms with Crippen molar-refractivity contribution in [1.29, 1.82) is 0 Å². The molecule has 1 N–H and O–H groups in total. The molecule has 0 amide bonds. The van der Waals surface area contributed by atoms with Gasteiger partial charge in [-0.2, -0.15) is 5.10 Å². The van der Waals surface area contributed by atoms with Crippen LogP contribution in [0.5, 0.6) is 5.75 Å². The van der Waals surface area contributed by atoms with Gasteiger partial charge in [-0.15, -0.1) is 0 Å². The highest BCUT2D eigenvalue weighted by atomic mass is 32.2. The van der Waals surface area contributed by atoms with Gasteiger partial charge in [0, 0.05) is 19.2 Å². The topological polar surface area (TPSA) is 39.1 Å². The summed E-state index contributed by atoms with van der Waals surface area (Å²) in [7, 11) is 3.70. The molecule has 2 rings (SSSR count). The summed E-state index contributed by atoms with van der Waals surface area (Å²) in [6.45, 7) is 6.11. The van der Waals surface area contributed by atoms with E-state index < -0.39 is 0 Å². The molecule has 5 heteroatoms. The minimum absolute atomic E-state index is 0.852. The summed E-state index contributed by atoms with van der Waals surface area (Å²) in [6, 6.07) is 8.08. The van der Waals surface area contributed by atoms with Crippen LogP contribution in [0.1, 0.15) is 24.6 Å². The van der Waals surface area contributed by atoms with Gasteiger partial charge >= 0.3 is 0 Å². The molecule has 0 saturated carbocycles. The Kier molecular flexibility index (Phi) is 5.70. The van der Waals surface area contributed by atoms with Crippen LogP contribution in [0, 0.1) is 6.92 Å². The summed E-state index contributed by atoms with van der Waals surface area (Å²) in [5.74, 6) is 0.897. The number of benzene rings is 1. The van der Waals surface area contributed by atoms with E-state index in [2.05, 4.69) is 30.3 Å². The zero-order valence-electron chi connectivity index (χ0n) is 13.1. The highest BCUT2D eigenvalue weighted by molar-refractivity contribution is 7.99. The van der Waals surface area contributed by atoms with E-state index >= 15 is 0 Å². The number of para-hydroxylation sites is 1. The number of hydrogen-bond donors (Lipinski definition) is 1. The average molecular weight is 305 g/mol. The number of nitrogens with one attached hydrogen (secondary N) is 1. The Labute approximate surface area is 130 Å². The molecule has 0 aliphatic carbocycles. The number of rotatable bonds is 7. The van der Waals surface area contributed by atoms with Crippen molar-refractivity contribution in [3.63, 3.8) is 0 Å². The number of methoxy groups -OCH3 is 1. The second kappa shape index (κ2) is 7.52. The molecule has 1 aromatic carbocycles. The number of aryl methyl sites for hydroxylation is 2. The van der Waals surface area contributed by atoms with E-state index in [-0.39, 0.29) is 0 Å². The van der Waals surface area contributed by atoms with Gasteiger partial charge in [-0.1, -0.05) is 30.8 Å². The molecule has 0 aliphatic rings. The predicted molar refractivity (Wildman–Crippen MR) is 87.1 cm³/mol. The van der Waals surface area contributed by atoms with Crippen molar-refractivity contribution < 1.29 is 4.74 Å². The van der Waals surface area contributed by atoms with Crippen molar-refractivity contribution in [2.45, 2.75) is 36.7 Å². The molecule has 0 spiro atoms. The Hall–Kier alpha value is -1.46. The van der Waals surface area contributed by atoms with Crippen LogP contribution in [-0.2, 0) is 13.6 Å². The molecule has 21 heavy (non-hydrogen) atoms. The van der Waals surface area contributed by atoms with Crippen LogP contribution in [0.4, 0.5) is 0 Å². The van der Waals surface area contributed by atoms with Crippen LogP contribution in [0.25, 0.3) is 0 Å². The number of hydrogen-bond acceptors (Lipinski definition) is 4. The SMILES string of the molecule is CCCNCc1c(C)nn(C)c1Sc1ccccc1OC. The summed E-state index contributed by atoms with van der Waals surface area (Å²) >= 11 is 1.71. The Bertz CT molecular complexity index is 595. The first-order chi connectivity index (χ1) is 10.2. The summed E-state index contributed by atoms with van der Waals surface area (Å²) < 4.78 is 7.39. The van der Waals surface area contributed by atoms with E-state index in [0.717, 1.165) is 35.8 Å². The molecular formula is C16H23N3OS. The Morgan fingerprint density at radius 2 is 2.10 bits per heavy atom. The zero-order chi connectivity index (χ0) is 15.2. The van der Waals surface area contributed by atoms with E-state index in [1.807, 2.05) is 29.9 Å². The van der Waals surface area contributed by atoms with E-state index in [4.69, 9.17) is 4.74 Å². The first-order valence-corrected chi connectivity index (χ1v) is 8.03. The van der Waals surface area contributed by atoms with Gasteiger partial charge < -0.3 is 10.1 Å². The van der Waals surface area contributed by atoms with Crippen LogP contribution in [0.3, 0.4) is 0 Å². The molecule has 1 aromatic heterocycles. The minimum Gasteiger partial charge on any atom is -0.496 e. The number of ether oxygens (including phenoxy) is 1. The Morgan fingerprint density at radius 3 is 2.81 bits per heavy atom. The van der Waals surface area contributed by atoms with Crippen molar-refractivity contribution in [3.05, 3.63) is 35.5 Å². The highest BCUT2D eigenvalue weighted by Crippen LogP contribution is 2.36. The zero-order valence-corrected chi connectivity index (χ0v) is 14.0. The van der Waals surface area contributed by atoms with Gasteiger partial charge in [0.2, 0.25) is 0 Å². The van der Waals surface area contributed by atoms with E-state index in [9.17, 15) is 0 Å². The van der Waals surface area contributed by atoms with Crippen LogP contribution in [0.2, 0.25) is 0 Å². The molecule has 4 nitrogen and oxygen atoms in total. The normalized spacial score (nSPS) is 10.9. The molecule has 2 aromatic rings. The van der Waals surface area contributed by atoms with Gasteiger partial charge in [-0.05, 0) is 32.0 Å². The first-order valence-electron chi connectivity index (χ1n) is 7.21. The first kappa shape index (κ1) is 15.9. The molecular weight excluding hydrogens is 282 g/mol. The maximum Gasteiger partial charge on any atom is 0.132 e. The standard InChI is InChI=1S/C16H23N3OS/c1-5-10-17-11-13-12(2)18-19(3)16(13)21-15-9-7-6-8-14(15)20-4/h6-9,17H,5,10-11H2,1-4H3. The summed E-state index contributed by atoms with van der Waals surface area (Å²) in [5, 5.41) is 9.19. The number of aromatic nitrogens is 2. The molecule has 0 atom stereocenters. The molecule has 114 valence electrons. The van der Waals surface area contributed by atoms with Crippen LogP contribution in [0.15, 0.2) is 34.2 Å². The number of nitrogens with zero attached hydrogens (tertiary/aromatic N) is 2. The molecule has 1 heterocycles. The molecule has 0 bridgehead atoms. The largest absolute Gasteiger partial charge is 0.496 e. The smallest absolute Gasteiger partial charge is 0.132 e. The quantitative estimate of drug-likeness (QED) is 0.796. The van der Waals surface area contributed by atoms with Crippen molar-refractivity contribution in [3.8, 4) is 5.75 Å². The van der Waals surface area contributed by atoms with Gasteiger partial charge in [0.25, 0.3) is 0 Å². The lowest BCUT2D eigenvalue weighted by Gasteiger charge is -2.10. The fourth-order valence-corrected chi connectivity index (χ4v) is 3.33. The third kappa shape index (κ3) is 3.80. The van der Waals surface area contributed by atoms with Gasteiger partial charge in [0.15, 0.2) is 0 Å².